The van der Waals surface area contributed by atoms with Gasteiger partial charge in [0.1, 0.15) is 5.75 Å². The molecule has 25 heavy (non-hydrogen) atoms. The number of nitrogens with one attached hydrogen (secondary N) is 1. The minimum absolute atomic E-state index is 0.0207. The zero-order chi connectivity index (χ0) is 17.9. The van der Waals surface area contributed by atoms with Crippen LogP contribution in [-0.2, 0) is 16.5 Å². The van der Waals surface area contributed by atoms with Crippen molar-refractivity contribution >= 4 is 5.91 Å². The highest BCUT2D eigenvalue weighted by atomic mass is 19.4. The number of halogens is 3. The SMILES string of the molecule is O=C(COc1cccc(C(F)(F)F)c1)NC1(c2ccccc2)CCC1. The Labute approximate surface area is 143 Å². The molecule has 1 amide bonds. The Morgan fingerprint density at radius 3 is 2.40 bits per heavy atom. The molecule has 1 N–H and O–H groups in total. The molecule has 0 radical (unpaired) electrons. The zero-order valence-electron chi connectivity index (χ0n) is 13.5. The van der Waals surface area contributed by atoms with Crippen LogP contribution in [-0.4, -0.2) is 12.5 Å². The van der Waals surface area contributed by atoms with Crippen LogP contribution in [0.25, 0.3) is 0 Å². The fraction of sp³-hybridized carbons (Fsp3) is 0.316. The Kier molecular flexibility index (Phi) is 4.70. The molecule has 0 bridgehead atoms. The summed E-state index contributed by atoms with van der Waals surface area (Å²) in [6.07, 6.45) is -1.74. The summed E-state index contributed by atoms with van der Waals surface area (Å²) in [5.74, 6) is -0.326. The Morgan fingerprint density at radius 2 is 1.80 bits per heavy atom. The molecule has 1 aliphatic rings. The molecular formula is C19H18F3NO2. The first kappa shape index (κ1) is 17.3. The lowest BCUT2D eigenvalue weighted by molar-refractivity contribution is -0.137. The van der Waals surface area contributed by atoms with E-state index in [-0.39, 0.29) is 18.3 Å². The molecule has 0 spiro atoms. The van der Waals surface area contributed by atoms with E-state index in [1.807, 2.05) is 30.3 Å². The highest BCUT2D eigenvalue weighted by molar-refractivity contribution is 5.78. The van der Waals surface area contributed by atoms with Gasteiger partial charge in [-0.1, -0.05) is 36.4 Å². The van der Waals surface area contributed by atoms with Gasteiger partial charge in [0.2, 0.25) is 0 Å². The van der Waals surface area contributed by atoms with Crippen LogP contribution in [0.15, 0.2) is 54.6 Å². The van der Waals surface area contributed by atoms with E-state index >= 15 is 0 Å². The number of carbonyl (C=O) groups excluding carboxylic acids is 1. The zero-order valence-corrected chi connectivity index (χ0v) is 13.5. The Morgan fingerprint density at radius 1 is 1.08 bits per heavy atom. The van der Waals surface area contributed by atoms with E-state index in [0.717, 1.165) is 37.0 Å². The van der Waals surface area contributed by atoms with Crippen molar-refractivity contribution in [1.82, 2.24) is 5.32 Å². The van der Waals surface area contributed by atoms with Crippen LogP contribution in [0.1, 0.15) is 30.4 Å². The van der Waals surface area contributed by atoms with Gasteiger partial charge in [-0.3, -0.25) is 4.79 Å². The lowest BCUT2D eigenvalue weighted by Gasteiger charge is -2.43. The van der Waals surface area contributed by atoms with Crippen LogP contribution in [0.2, 0.25) is 0 Å². The van der Waals surface area contributed by atoms with Crippen molar-refractivity contribution in [3.8, 4) is 5.75 Å². The van der Waals surface area contributed by atoms with E-state index < -0.39 is 17.3 Å². The van der Waals surface area contributed by atoms with Crippen molar-refractivity contribution in [2.75, 3.05) is 6.61 Å². The first-order valence-corrected chi connectivity index (χ1v) is 8.06. The number of amides is 1. The number of carbonyl (C=O) groups is 1. The molecule has 6 heteroatoms. The molecule has 0 unspecified atom stereocenters. The highest BCUT2D eigenvalue weighted by Gasteiger charge is 2.39. The molecule has 0 aliphatic heterocycles. The predicted molar refractivity (Wildman–Crippen MR) is 87.1 cm³/mol. The first-order valence-electron chi connectivity index (χ1n) is 8.06. The molecule has 2 aromatic carbocycles. The van der Waals surface area contributed by atoms with Crippen LogP contribution in [0.3, 0.4) is 0 Å². The molecule has 0 aromatic heterocycles. The second kappa shape index (κ2) is 6.78. The number of rotatable bonds is 5. The van der Waals surface area contributed by atoms with Crippen molar-refractivity contribution in [1.29, 1.82) is 0 Å². The van der Waals surface area contributed by atoms with Gasteiger partial charge in [-0.2, -0.15) is 13.2 Å². The maximum absolute atomic E-state index is 12.7. The quantitative estimate of drug-likeness (QED) is 0.875. The second-order valence-corrected chi connectivity index (χ2v) is 6.16. The first-order chi connectivity index (χ1) is 11.9. The monoisotopic (exact) mass is 349 g/mol. The summed E-state index contributed by atoms with van der Waals surface area (Å²) < 4.78 is 43.3. The second-order valence-electron chi connectivity index (χ2n) is 6.16. The van der Waals surface area contributed by atoms with Crippen molar-refractivity contribution in [2.24, 2.45) is 0 Å². The topological polar surface area (TPSA) is 38.3 Å². The van der Waals surface area contributed by atoms with Gasteiger partial charge in [-0.05, 0) is 43.0 Å². The normalized spacial score (nSPS) is 16.0. The maximum Gasteiger partial charge on any atom is 0.416 e. The van der Waals surface area contributed by atoms with Crippen molar-refractivity contribution < 1.29 is 22.7 Å². The smallest absolute Gasteiger partial charge is 0.416 e. The lowest BCUT2D eigenvalue weighted by atomic mass is 9.72. The number of hydrogen-bond donors (Lipinski definition) is 1. The summed E-state index contributed by atoms with van der Waals surface area (Å²) in [6, 6.07) is 14.2. The summed E-state index contributed by atoms with van der Waals surface area (Å²) in [4.78, 5) is 12.2. The van der Waals surface area contributed by atoms with Gasteiger partial charge < -0.3 is 10.1 Å². The minimum Gasteiger partial charge on any atom is -0.484 e. The van der Waals surface area contributed by atoms with Crippen LogP contribution < -0.4 is 10.1 Å². The maximum atomic E-state index is 12.7. The average Bonchev–Trinajstić information content (AvgIpc) is 2.56. The molecule has 3 nitrogen and oxygen atoms in total. The number of ether oxygens (including phenoxy) is 1. The molecule has 0 heterocycles. The minimum atomic E-state index is -4.44. The molecule has 132 valence electrons. The summed E-state index contributed by atoms with van der Waals surface area (Å²) in [7, 11) is 0. The van der Waals surface area contributed by atoms with Gasteiger partial charge in [0.15, 0.2) is 6.61 Å². The van der Waals surface area contributed by atoms with Crippen LogP contribution >= 0.6 is 0 Å². The third-order valence-corrected chi connectivity index (χ3v) is 4.44. The molecule has 0 atom stereocenters. The largest absolute Gasteiger partial charge is 0.484 e. The van der Waals surface area contributed by atoms with Gasteiger partial charge in [-0.25, -0.2) is 0 Å². The lowest BCUT2D eigenvalue weighted by Crippen LogP contribution is -2.52. The summed E-state index contributed by atoms with van der Waals surface area (Å²) >= 11 is 0. The average molecular weight is 349 g/mol. The third-order valence-electron chi connectivity index (χ3n) is 4.44. The fourth-order valence-electron chi connectivity index (χ4n) is 2.99. The van der Waals surface area contributed by atoms with Gasteiger partial charge in [-0.15, -0.1) is 0 Å². The van der Waals surface area contributed by atoms with E-state index in [9.17, 15) is 18.0 Å². The Balaban J connectivity index is 1.62. The molecule has 1 aliphatic carbocycles. The van der Waals surface area contributed by atoms with Crippen molar-refractivity contribution in [3.05, 3.63) is 65.7 Å². The van der Waals surface area contributed by atoms with Crippen molar-refractivity contribution in [3.63, 3.8) is 0 Å². The summed E-state index contributed by atoms with van der Waals surface area (Å²) in [5, 5.41) is 2.98. The number of hydrogen-bond acceptors (Lipinski definition) is 2. The van der Waals surface area contributed by atoms with E-state index in [1.165, 1.54) is 12.1 Å². The van der Waals surface area contributed by atoms with Gasteiger partial charge >= 0.3 is 6.18 Å². The van der Waals surface area contributed by atoms with Gasteiger partial charge in [0.05, 0.1) is 11.1 Å². The molecule has 1 saturated carbocycles. The molecule has 3 rings (SSSR count). The van der Waals surface area contributed by atoms with E-state index in [4.69, 9.17) is 4.74 Å². The number of benzene rings is 2. The third kappa shape index (κ3) is 3.95. The summed E-state index contributed by atoms with van der Waals surface area (Å²) in [5.41, 5.74) is -0.158. The molecule has 0 saturated heterocycles. The highest BCUT2D eigenvalue weighted by Crippen LogP contribution is 2.41. The summed E-state index contributed by atoms with van der Waals surface area (Å²) in [6.45, 7) is -0.324. The van der Waals surface area contributed by atoms with E-state index in [2.05, 4.69) is 5.32 Å². The van der Waals surface area contributed by atoms with E-state index in [0.29, 0.717) is 0 Å². The molecule has 2 aromatic rings. The fourth-order valence-corrected chi connectivity index (χ4v) is 2.99. The van der Waals surface area contributed by atoms with E-state index in [1.54, 1.807) is 0 Å². The Hall–Kier alpha value is -2.50. The van der Waals surface area contributed by atoms with Gasteiger partial charge in [0, 0.05) is 0 Å². The Bertz CT molecular complexity index is 740. The molecular weight excluding hydrogens is 331 g/mol. The predicted octanol–water partition coefficient (Wildman–Crippen LogP) is 4.28. The van der Waals surface area contributed by atoms with Crippen LogP contribution in [0, 0.1) is 0 Å². The molecule has 1 fully saturated rings. The number of alkyl halides is 3. The van der Waals surface area contributed by atoms with Crippen LogP contribution in [0.5, 0.6) is 5.75 Å². The van der Waals surface area contributed by atoms with Crippen molar-refractivity contribution in [2.45, 2.75) is 31.0 Å². The standard InChI is InChI=1S/C19H18F3NO2/c20-19(21,22)15-8-4-9-16(12-15)25-13-17(24)23-18(10-5-11-18)14-6-2-1-3-7-14/h1-4,6-9,12H,5,10-11,13H2,(H,23,24). The van der Waals surface area contributed by atoms with Gasteiger partial charge in [0.25, 0.3) is 5.91 Å². The van der Waals surface area contributed by atoms with Crippen LogP contribution in [0.4, 0.5) is 13.2 Å².